The molecule has 0 aliphatic carbocycles. The largest absolute Gasteiger partial charge is 0.333 e. The molecule has 1 aliphatic rings. The van der Waals surface area contributed by atoms with Gasteiger partial charge >= 0.3 is 0 Å². The van der Waals surface area contributed by atoms with Crippen LogP contribution in [0.4, 0.5) is 0 Å². The van der Waals surface area contributed by atoms with E-state index in [0.29, 0.717) is 10.7 Å². The number of nitrogens with zero attached hydrogens (tertiary/aromatic N) is 3. The molecule has 1 N–H and O–H groups in total. The molecule has 1 amide bonds. The van der Waals surface area contributed by atoms with E-state index in [9.17, 15) is 4.79 Å². The van der Waals surface area contributed by atoms with Gasteiger partial charge in [-0.05, 0) is 43.7 Å². The summed E-state index contributed by atoms with van der Waals surface area (Å²) < 4.78 is 1.69. The van der Waals surface area contributed by atoms with E-state index in [4.69, 9.17) is 11.6 Å². The van der Waals surface area contributed by atoms with Gasteiger partial charge < -0.3 is 10.2 Å². The van der Waals surface area contributed by atoms with Gasteiger partial charge in [-0.3, -0.25) is 4.79 Å². The summed E-state index contributed by atoms with van der Waals surface area (Å²) in [5.74, 6) is 0.00123. The Morgan fingerprint density at radius 3 is 3.04 bits per heavy atom. The van der Waals surface area contributed by atoms with Crippen LogP contribution in [0.1, 0.15) is 30.3 Å². The second kappa shape index (κ2) is 7.15. The van der Waals surface area contributed by atoms with Crippen molar-refractivity contribution in [1.29, 1.82) is 0 Å². The molecule has 2 heterocycles. The summed E-state index contributed by atoms with van der Waals surface area (Å²) in [5, 5.41) is 8.41. The molecule has 1 saturated heterocycles. The quantitative estimate of drug-likeness (QED) is 0.916. The maximum Gasteiger partial charge on any atom is 0.274 e. The zero-order chi connectivity index (χ0) is 16.2. The van der Waals surface area contributed by atoms with E-state index < -0.39 is 0 Å². The number of carbonyl (C=O) groups excluding carboxylic acids is 1. The summed E-state index contributed by atoms with van der Waals surface area (Å²) in [6.07, 6.45) is 3.74. The molecule has 0 bridgehead atoms. The van der Waals surface area contributed by atoms with Crippen LogP contribution in [0.15, 0.2) is 36.5 Å². The van der Waals surface area contributed by atoms with Gasteiger partial charge in [0.25, 0.3) is 5.91 Å². The smallest absolute Gasteiger partial charge is 0.274 e. The minimum atomic E-state index is 0.00123. The third kappa shape index (κ3) is 3.57. The van der Waals surface area contributed by atoms with E-state index in [1.165, 1.54) is 0 Å². The molecular formula is C17H21ClN4O. The maximum absolute atomic E-state index is 12.8. The van der Waals surface area contributed by atoms with Crippen LogP contribution in [-0.4, -0.2) is 46.3 Å². The van der Waals surface area contributed by atoms with Crippen LogP contribution in [0, 0.1) is 0 Å². The molecule has 1 aromatic carbocycles. The van der Waals surface area contributed by atoms with E-state index in [1.807, 2.05) is 29.2 Å². The van der Waals surface area contributed by atoms with E-state index in [0.717, 1.165) is 38.2 Å². The Balaban J connectivity index is 1.81. The molecule has 0 radical (unpaired) electrons. The Kier molecular flexibility index (Phi) is 4.98. The first kappa shape index (κ1) is 16.0. The van der Waals surface area contributed by atoms with Crippen molar-refractivity contribution in [2.75, 3.05) is 19.6 Å². The van der Waals surface area contributed by atoms with Crippen LogP contribution in [0.5, 0.6) is 0 Å². The second-order valence-corrected chi connectivity index (χ2v) is 6.21. The van der Waals surface area contributed by atoms with Crippen LogP contribution >= 0.6 is 11.6 Å². The monoisotopic (exact) mass is 332 g/mol. The van der Waals surface area contributed by atoms with E-state index in [2.05, 4.69) is 17.3 Å². The molecule has 23 heavy (non-hydrogen) atoms. The molecule has 0 saturated carbocycles. The molecule has 122 valence electrons. The summed E-state index contributed by atoms with van der Waals surface area (Å²) in [6, 6.07) is 9.46. The highest BCUT2D eigenvalue weighted by Crippen LogP contribution is 2.17. The average molecular weight is 333 g/mol. The maximum atomic E-state index is 12.8. The molecule has 1 fully saturated rings. The third-order valence-corrected chi connectivity index (χ3v) is 4.32. The Morgan fingerprint density at radius 1 is 1.48 bits per heavy atom. The molecule has 1 unspecified atom stereocenters. The van der Waals surface area contributed by atoms with Crippen LogP contribution in [0.2, 0.25) is 5.02 Å². The predicted molar refractivity (Wildman–Crippen MR) is 91.2 cm³/mol. The predicted octanol–water partition coefficient (Wildman–Crippen LogP) is 2.74. The van der Waals surface area contributed by atoms with Crippen LogP contribution in [0.25, 0.3) is 5.69 Å². The SMILES string of the molecule is CCCN(C(=O)c1ccn(-c2cccc(Cl)c2)n1)C1CCNC1. The standard InChI is InChI=1S/C17H21ClN4O/c1-2-9-21(15-6-8-19-12-15)17(23)16-7-10-22(20-16)14-5-3-4-13(18)11-14/h3-5,7,10-11,15,19H,2,6,8-9,12H2,1H3. The van der Waals surface area contributed by atoms with Crippen molar-refractivity contribution in [2.45, 2.75) is 25.8 Å². The summed E-state index contributed by atoms with van der Waals surface area (Å²) in [4.78, 5) is 14.8. The normalized spacial score (nSPS) is 17.4. The second-order valence-electron chi connectivity index (χ2n) is 5.77. The lowest BCUT2D eigenvalue weighted by molar-refractivity contribution is 0.0685. The number of hydrogen-bond acceptors (Lipinski definition) is 3. The first-order chi connectivity index (χ1) is 11.2. The van der Waals surface area contributed by atoms with Crippen molar-refractivity contribution >= 4 is 17.5 Å². The van der Waals surface area contributed by atoms with Gasteiger partial charge in [0, 0.05) is 30.4 Å². The highest BCUT2D eigenvalue weighted by atomic mass is 35.5. The average Bonchev–Trinajstić information content (AvgIpc) is 3.23. The minimum absolute atomic E-state index is 0.00123. The van der Waals surface area contributed by atoms with Gasteiger partial charge in [-0.2, -0.15) is 5.10 Å². The highest BCUT2D eigenvalue weighted by molar-refractivity contribution is 6.30. The molecule has 1 atom stereocenters. The van der Waals surface area contributed by atoms with Crippen LogP contribution in [-0.2, 0) is 0 Å². The van der Waals surface area contributed by atoms with E-state index in [-0.39, 0.29) is 11.9 Å². The summed E-state index contributed by atoms with van der Waals surface area (Å²) in [5.41, 5.74) is 1.33. The van der Waals surface area contributed by atoms with Gasteiger partial charge in [0.1, 0.15) is 0 Å². The number of amides is 1. The van der Waals surface area contributed by atoms with Gasteiger partial charge in [0.15, 0.2) is 5.69 Å². The fraction of sp³-hybridized carbons (Fsp3) is 0.412. The number of benzene rings is 1. The first-order valence-corrected chi connectivity index (χ1v) is 8.40. The number of hydrogen-bond donors (Lipinski definition) is 1. The Hall–Kier alpha value is -1.85. The minimum Gasteiger partial charge on any atom is -0.333 e. The van der Waals surface area contributed by atoms with Gasteiger partial charge in [0.2, 0.25) is 0 Å². The van der Waals surface area contributed by atoms with Crippen molar-refractivity contribution < 1.29 is 4.79 Å². The first-order valence-electron chi connectivity index (χ1n) is 8.02. The third-order valence-electron chi connectivity index (χ3n) is 4.08. The molecule has 3 rings (SSSR count). The molecule has 1 aliphatic heterocycles. The van der Waals surface area contributed by atoms with Gasteiger partial charge in [0.05, 0.1) is 5.69 Å². The van der Waals surface area contributed by atoms with Crippen molar-refractivity contribution in [3.63, 3.8) is 0 Å². The number of nitrogens with one attached hydrogen (secondary N) is 1. The number of aromatic nitrogens is 2. The molecule has 6 heteroatoms. The lowest BCUT2D eigenvalue weighted by atomic mass is 10.2. The van der Waals surface area contributed by atoms with Crippen LogP contribution in [0.3, 0.4) is 0 Å². The van der Waals surface area contributed by atoms with Crippen molar-refractivity contribution in [3.05, 3.63) is 47.2 Å². The van der Waals surface area contributed by atoms with E-state index in [1.54, 1.807) is 16.9 Å². The van der Waals surface area contributed by atoms with Crippen LogP contribution < -0.4 is 5.32 Å². The molecule has 1 aromatic heterocycles. The van der Waals surface area contributed by atoms with Gasteiger partial charge in [-0.1, -0.05) is 24.6 Å². The zero-order valence-corrected chi connectivity index (χ0v) is 14.0. The fourth-order valence-corrected chi connectivity index (χ4v) is 3.13. The van der Waals surface area contributed by atoms with Crippen molar-refractivity contribution in [2.24, 2.45) is 0 Å². The summed E-state index contributed by atoms with van der Waals surface area (Å²) in [6.45, 7) is 4.68. The van der Waals surface area contributed by atoms with E-state index >= 15 is 0 Å². The Morgan fingerprint density at radius 2 is 2.35 bits per heavy atom. The molecule has 5 nitrogen and oxygen atoms in total. The zero-order valence-electron chi connectivity index (χ0n) is 13.2. The number of halogens is 1. The lowest BCUT2D eigenvalue weighted by Crippen LogP contribution is -2.42. The highest BCUT2D eigenvalue weighted by Gasteiger charge is 2.27. The van der Waals surface area contributed by atoms with Gasteiger partial charge in [-0.15, -0.1) is 0 Å². The summed E-state index contributed by atoms with van der Waals surface area (Å²) >= 11 is 6.02. The number of rotatable bonds is 5. The van der Waals surface area contributed by atoms with Crippen molar-refractivity contribution in [1.82, 2.24) is 20.0 Å². The molecule has 2 aromatic rings. The van der Waals surface area contributed by atoms with Crippen molar-refractivity contribution in [3.8, 4) is 5.69 Å². The lowest BCUT2D eigenvalue weighted by Gasteiger charge is -2.27. The fourth-order valence-electron chi connectivity index (χ4n) is 2.94. The Bertz CT molecular complexity index is 679. The summed E-state index contributed by atoms with van der Waals surface area (Å²) in [7, 11) is 0. The van der Waals surface area contributed by atoms with Gasteiger partial charge in [-0.25, -0.2) is 4.68 Å². The molecular weight excluding hydrogens is 312 g/mol. The Labute approximate surface area is 141 Å². The number of carbonyl (C=O) groups is 1. The molecule has 0 spiro atoms. The topological polar surface area (TPSA) is 50.2 Å².